The zero-order valence-corrected chi connectivity index (χ0v) is 15.1. The fourth-order valence-electron chi connectivity index (χ4n) is 2.57. The molecule has 4 nitrogen and oxygen atoms in total. The lowest BCUT2D eigenvalue weighted by molar-refractivity contribution is -0.115. The van der Waals surface area contributed by atoms with Crippen LogP contribution < -0.4 is 10.6 Å². The van der Waals surface area contributed by atoms with E-state index in [2.05, 4.69) is 61.7 Å². The molecule has 2 rings (SSSR count). The van der Waals surface area contributed by atoms with Gasteiger partial charge in [0.05, 0.1) is 12.1 Å². The second kappa shape index (κ2) is 8.62. The first-order valence-corrected chi connectivity index (χ1v) is 9.02. The monoisotopic (exact) mass is 341 g/mol. The van der Waals surface area contributed by atoms with Crippen molar-refractivity contribution in [3.05, 3.63) is 52.4 Å². The summed E-state index contributed by atoms with van der Waals surface area (Å²) in [5.41, 5.74) is 2.99. The van der Waals surface area contributed by atoms with Crippen LogP contribution in [0.25, 0.3) is 0 Å². The number of nitriles is 1. The molecule has 1 amide bonds. The molecule has 1 aromatic carbocycles. The fourth-order valence-corrected chi connectivity index (χ4v) is 3.32. The third kappa shape index (κ3) is 4.67. The Bertz CT molecular complexity index is 713. The smallest absolute Gasteiger partial charge is 0.238 e. The Labute approximate surface area is 147 Å². The molecule has 1 aromatic heterocycles. The predicted molar refractivity (Wildman–Crippen MR) is 99.1 cm³/mol. The number of rotatable bonds is 7. The molecule has 0 aliphatic rings. The predicted octanol–water partition coefficient (Wildman–Crippen LogP) is 4.11. The number of hydrogen-bond donors (Lipinski definition) is 2. The summed E-state index contributed by atoms with van der Waals surface area (Å²) in [6.07, 6.45) is 1.02. The molecule has 0 unspecified atom stereocenters. The highest BCUT2D eigenvalue weighted by atomic mass is 32.1. The van der Waals surface area contributed by atoms with E-state index in [1.54, 1.807) is 11.4 Å². The van der Waals surface area contributed by atoms with Crippen molar-refractivity contribution in [1.82, 2.24) is 5.32 Å². The Morgan fingerprint density at radius 1 is 1.25 bits per heavy atom. The van der Waals surface area contributed by atoms with Crippen molar-refractivity contribution in [3.8, 4) is 6.07 Å². The molecule has 0 fully saturated rings. The lowest BCUT2D eigenvalue weighted by Crippen LogP contribution is -2.33. The standard InChI is InChI=1S/C19H23N3OS/c1-4-14-5-7-15(8-6-14)18(13(2)3)21-12-17(23)22-19-16(11-20)9-10-24-19/h5-10,13,18,21H,4,12H2,1-3H3,(H,22,23)/t18-/m1/s1. The molecule has 0 aliphatic heterocycles. The molecule has 0 saturated carbocycles. The van der Waals surface area contributed by atoms with Crippen molar-refractivity contribution in [1.29, 1.82) is 5.26 Å². The van der Waals surface area contributed by atoms with Gasteiger partial charge in [0.15, 0.2) is 0 Å². The van der Waals surface area contributed by atoms with E-state index in [0.717, 1.165) is 6.42 Å². The van der Waals surface area contributed by atoms with Crippen LogP contribution in [0, 0.1) is 17.2 Å². The van der Waals surface area contributed by atoms with E-state index in [1.165, 1.54) is 22.5 Å². The molecule has 2 aromatic rings. The Kier molecular flexibility index (Phi) is 6.53. The van der Waals surface area contributed by atoms with Crippen molar-refractivity contribution in [2.75, 3.05) is 11.9 Å². The summed E-state index contributed by atoms with van der Waals surface area (Å²) in [6.45, 7) is 6.62. The summed E-state index contributed by atoms with van der Waals surface area (Å²) in [7, 11) is 0. The average Bonchev–Trinajstić information content (AvgIpc) is 3.02. The quantitative estimate of drug-likeness (QED) is 0.796. The zero-order valence-electron chi connectivity index (χ0n) is 14.3. The van der Waals surface area contributed by atoms with Gasteiger partial charge in [0, 0.05) is 6.04 Å². The van der Waals surface area contributed by atoms with Gasteiger partial charge < -0.3 is 10.6 Å². The molecular formula is C19H23N3OS. The minimum atomic E-state index is -0.134. The Morgan fingerprint density at radius 3 is 2.54 bits per heavy atom. The van der Waals surface area contributed by atoms with Crippen molar-refractivity contribution in [2.45, 2.75) is 33.2 Å². The van der Waals surface area contributed by atoms with Crippen molar-refractivity contribution < 1.29 is 4.79 Å². The van der Waals surface area contributed by atoms with Crippen LogP contribution in [-0.4, -0.2) is 12.5 Å². The van der Waals surface area contributed by atoms with Crippen LogP contribution >= 0.6 is 11.3 Å². The Morgan fingerprint density at radius 2 is 1.96 bits per heavy atom. The lowest BCUT2D eigenvalue weighted by Gasteiger charge is -2.23. The molecule has 0 aliphatic carbocycles. The van der Waals surface area contributed by atoms with Gasteiger partial charge in [-0.25, -0.2) is 0 Å². The number of benzene rings is 1. The van der Waals surface area contributed by atoms with E-state index in [1.807, 2.05) is 0 Å². The Balaban J connectivity index is 1.98. The van der Waals surface area contributed by atoms with Gasteiger partial charge in [-0.1, -0.05) is 45.0 Å². The molecule has 0 radical (unpaired) electrons. The summed E-state index contributed by atoms with van der Waals surface area (Å²) in [5.74, 6) is 0.228. The van der Waals surface area contributed by atoms with E-state index >= 15 is 0 Å². The van der Waals surface area contributed by atoms with Gasteiger partial charge in [-0.05, 0) is 34.9 Å². The molecule has 126 valence electrons. The van der Waals surface area contributed by atoms with Crippen LogP contribution in [-0.2, 0) is 11.2 Å². The number of hydrogen-bond acceptors (Lipinski definition) is 4. The van der Waals surface area contributed by atoms with Crippen molar-refractivity contribution in [2.24, 2.45) is 5.92 Å². The largest absolute Gasteiger partial charge is 0.315 e. The molecule has 24 heavy (non-hydrogen) atoms. The van der Waals surface area contributed by atoms with E-state index < -0.39 is 0 Å². The summed E-state index contributed by atoms with van der Waals surface area (Å²) >= 11 is 1.36. The number of carbonyl (C=O) groups excluding carboxylic acids is 1. The summed E-state index contributed by atoms with van der Waals surface area (Å²) < 4.78 is 0. The molecule has 2 N–H and O–H groups in total. The molecule has 0 spiro atoms. The van der Waals surface area contributed by atoms with E-state index in [-0.39, 0.29) is 18.5 Å². The first kappa shape index (κ1) is 18.2. The van der Waals surface area contributed by atoms with Crippen LogP contribution in [0.15, 0.2) is 35.7 Å². The molecule has 0 bridgehead atoms. The number of aryl methyl sites for hydroxylation is 1. The minimum Gasteiger partial charge on any atom is -0.315 e. The van der Waals surface area contributed by atoms with Crippen LogP contribution in [0.5, 0.6) is 0 Å². The van der Waals surface area contributed by atoms with Crippen LogP contribution in [0.4, 0.5) is 5.00 Å². The molecule has 1 heterocycles. The second-order valence-electron chi connectivity index (χ2n) is 6.02. The van der Waals surface area contributed by atoms with Crippen molar-refractivity contribution in [3.63, 3.8) is 0 Å². The van der Waals surface area contributed by atoms with E-state index in [4.69, 9.17) is 5.26 Å². The minimum absolute atomic E-state index is 0.112. The maximum atomic E-state index is 12.2. The second-order valence-corrected chi connectivity index (χ2v) is 6.94. The molecule has 1 atom stereocenters. The van der Waals surface area contributed by atoms with E-state index in [0.29, 0.717) is 16.5 Å². The van der Waals surface area contributed by atoms with Crippen LogP contribution in [0.2, 0.25) is 0 Å². The number of nitrogens with one attached hydrogen (secondary N) is 2. The first-order valence-electron chi connectivity index (χ1n) is 8.14. The van der Waals surface area contributed by atoms with Gasteiger partial charge in [0.25, 0.3) is 0 Å². The highest BCUT2D eigenvalue weighted by Gasteiger charge is 2.17. The summed E-state index contributed by atoms with van der Waals surface area (Å²) in [6, 6.07) is 12.4. The average molecular weight is 341 g/mol. The van der Waals surface area contributed by atoms with Gasteiger partial charge in [-0.3, -0.25) is 4.79 Å². The van der Waals surface area contributed by atoms with Gasteiger partial charge in [-0.2, -0.15) is 5.26 Å². The zero-order chi connectivity index (χ0) is 17.5. The molecule has 5 heteroatoms. The van der Waals surface area contributed by atoms with Crippen LogP contribution in [0.1, 0.15) is 43.5 Å². The third-order valence-corrected chi connectivity index (χ3v) is 4.76. The fraction of sp³-hybridized carbons (Fsp3) is 0.368. The van der Waals surface area contributed by atoms with Gasteiger partial charge in [0.1, 0.15) is 11.1 Å². The number of nitrogens with zero attached hydrogens (tertiary/aromatic N) is 1. The first-order chi connectivity index (χ1) is 11.5. The van der Waals surface area contributed by atoms with E-state index in [9.17, 15) is 4.79 Å². The highest BCUT2D eigenvalue weighted by molar-refractivity contribution is 7.14. The number of thiophene rings is 1. The van der Waals surface area contributed by atoms with Crippen LogP contribution in [0.3, 0.4) is 0 Å². The highest BCUT2D eigenvalue weighted by Crippen LogP contribution is 2.23. The third-order valence-electron chi connectivity index (χ3n) is 3.93. The topological polar surface area (TPSA) is 64.9 Å². The summed E-state index contributed by atoms with van der Waals surface area (Å²) in [5, 5.41) is 17.5. The normalized spacial score (nSPS) is 12.0. The maximum Gasteiger partial charge on any atom is 0.238 e. The number of carbonyl (C=O) groups is 1. The number of anilines is 1. The SMILES string of the molecule is CCc1ccc([C@H](NCC(=O)Nc2sccc2C#N)C(C)C)cc1. The lowest BCUT2D eigenvalue weighted by atomic mass is 9.95. The Hall–Kier alpha value is -2.16. The van der Waals surface area contributed by atoms with Gasteiger partial charge in [-0.15, -0.1) is 11.3 Å². The summed E-state index contributed by atoms with van der Waals surface area (Å²) in [4.78, 5) is 12.2. The molecular weight excluding hydrogens is 318 g/mol. The molecule has 0 saturated heterocycles. The van der Waals surface area contributed by atoms with Gasteiger partial charge >= 0.3 is 0 Å². The number of amides is 1. The maximum absolute atomic E-state index is 12.2. The van der Waals surface area contributed by atoms with Gasteiger partial charge in [0.2, 0.25) is 5.91 Å². The van der Waals surface area contributed by atoms with Crippen molar-refractivity contribution >= 4 is 22.2 Å².